The number of hydrogen-bond donors (Lipinski definition) is 0. The molecule has 0 saturated carbocycles. The summed E-state index contributed by atoms with van der Waals surface area (Å²) in [6.07, 6.45) is 7.53. The molecule has 3 rings (SSSR count). The lowest BCUT2D eigenvalue weighted by Crippen LogP contribution is -2.42. The van der Waals surface area contributed by atoms with E-state index in [0.717, 1.165) is 25.9 Å². The highest BCUT2D eigenvalue weighted by Gasteiger charge is 2.26. The molecule has 0 bridgehead atoms. The van der Waals surface area contributed by atoms with Gasteiger partial charge < -0.3 is 9.80 Å². The van der Waals surface area contributed by atoms with Gasteiger partial charge in [0, 0.05) is 32.7 Å². The molecule has 0 unspecified atom stereocenters. The second-order valence-corrected chi connectivity index (χ2v) is 7.13. The van der Waals surface area contributed by atoms with Crippen LogP contribution in [-0.4, -0.2) is 58.2 Å². The molecule has 6 nitrogen and oxygen atoms in total. The maximum atomic E-state index is 12.5. The minimum absolute atomic E-state index is 0.0566. The maximum Gasteiger partial charge on any atom is 0.274 e. The van der Waals surface area contributed by atoms with Crippen molar-refractivity contribution in [1.82, 2.24) is 19.6 Å². The van der Waals surface area contributed by atoms with E-state index < -0.39 is 0 Å². The van der Waals surface area contributed by atoms with Gasteiger partial charge in [0.1, 0.15) is 5.69 Å². The van der Waals surface area contributed by atoms with E-state index >= 15 is 0 Å². The molecular weight excluding hydrogens is 304 g/mol. The third-order valence-electron chi connectivity index (χ3n) is 5.30. The zero-order valence-electron chi connectivity index (χ0n) is 14.6. The Morgan fingerprint density at radius 2 is 1.75 bits per heavy atom. The van der Waals surface area contributed by atoms with Crippen LogP contribution in [0.4, 0.5) is 0 Å². The first kappa shape index (κ1) is 17.1. The number of carbonyl (C=O) groups excluding carboxylic acids is 1. The van der Waals surface area contributed by atoms with Crippen LogP contribution in [0, 0.1) is 5.92 Å². The standard InChI is InChI=1S/C18H28N4O2/c1-20-17(23)7-6-16(19-20)18(24)22-12-8-15(9-13-22)14-21-10-4-2-3-5-11-21/h6-7,15H,2-5,8-14H2,1H3. The largest absolute Gasteiger partial charge is 0.337 e. The Morgan fingerprint density at radius 1 is 1.08 bits per heavy atom. The van der Waals surface area contributed by atoms with Crippen molar-refractivity contribution in [2.24, 2.45) is 13.0 Å². The molecule has 3 heterocycles. The Hall–Kier alpha value is -1.69. The van der Waals surface area contributed by atoms with Crippen LogP contribution in [0.3, 0.4) is 0 Å². The van der Waals surface area contributed by atoms with Crippen molar-refractivity contribution >= 4 is 5.91 Å². The summed E-state index contributed by atoms with van der Waals surface area (Å²) in [5.74, 6) is 0.638. The molecular formula is C18H28N4O2. The average Bonchev–Trinajstić information content (AvgIpc) is 2.86. The fourth-order valence-corrected chi connectivity index (χ4v) is 3.78. The summed E-state index contributed by atoms with van der Waals surface area (Å²) in [4.78, 5) is 28.4. The minimum atomic E-state index is -0.192. The second kappa shape index (κ2) is 7.92. The van der Waals surface area contributed by atoms with E-state index in [9.17, 15) is 9.59 Å². The van der Waals surface area contributed by atoms with Crippen molar-refractivity contribution in [3.05, 3.63) is 28.2 Å². The molecule has 2 fully saturated rings. The van der Waals surface area contributed by atoms with Gasteiger partial charge in [-0.1, -0.05) is 12.8 Å². The summed E-state index contributed by atoms with van der Waals surface area (Å²) in [6.45, 7) is 5.24. The van der Waals surface area contributed by atoms with Gasteiger partial charge in [-0.25, -0.2) is 4.68 Å². The lowest BCUT2D eigenvalue weighted by molar-refractivity contribution is 0.0659. The Kier molecular flexibility index (Phi) is 5.66. The first-order chi connectivity index (χ1) is 11.6. The van der Waals surface area contributed by atoms with Crippen LogP contribution in [0.5, 0.6) is 0 Å². The fraction of sp³-hybridized carbons (Fsp3) is 0.722. The lowest BCUT2D eigenvalue weighted by Gasteiger charge is -2.34. The topological polar surface area (TPSA) is 58.4 Å². The molecule has 6 heteroatoms. The second-order valence-electron chi connectivity index (χ2n) is 7.13. The molecule has 0 N–H and O–H groups in total. The summed E-state index contributed by atoms with van der Waals surface area (Å²) in [6, 6.07) is 2.94. The molecule has 2 aliphatic heterocycles. The third kappa shape index (κ3) is 4.23. The van der Waals surface area contributed by atoms with Crippen molar-refractivity contribution in [3.8, 4) is 0 Å². The van der Waals surface area contributed by atoms with Gasteiger partial charge in [0.25, 0.3) is 11.5 Å². The van der Waals surface area contributed by atoms with Gasteiger partial charge in [-0.3, -0.25) is 9.59 Å². The number of hydrogen-bond acceptors (Lipinski definition) is 4. The van der Waals surface area contributed by atoms with E-state index in [0.29, 0.717) is 11.6 Å². The van der Waals surface area contributed by atoms with Gasteiger partial charge >= 0.3 is 0 Å². The van der Waals surface area contributed by atoms with Crippen LogP contribution in [0.1, 0.15) is 49.0 Å². The molecule has 0 aliphatic carbocycles. The van der Waals surface area contributed by atoms with E-state index in [1.807, 2.05) is 4.90 Å². The van der Waals surface area contributed by atoms with Crippen LogP contribution in [0.25, 0.3) is 0 Å². The van der Waals surface area contributed by atoms with Gasteiger partial charge in [-0.05, 0) is 50.8 Å². The van der Waals surface area contributed by atoms with E-state index in [4.69, 9.17) is 0 Å². The predicted molar refractivity (Wildman–Crippen MR) is 93.0 cm³/mol. The Balaban J connectivity index is 1.51. The highest BCUT2D eigenvalue weighted by molar-refractivity contribution is 5.92. The number of nitrogens with zero attached hydrogens (tertiary/aromatic N) is 4. The molecule has 0 radical (unpaired) electrons. The van der Waals surface area contributed by atoms with Crippen LogP contribution in [0.2, 0.25) is 0 Å². The number of aryl methyl sites for hydroxylation is 1. The van der Waals surface area contributed by atoms with Gasteiger partial charge in [-0.2, -0.15) is 5.10 Å². The van der Waals surface area contributed by atoms with Gasteiger partial charge in [0.05, 0.1) is 0 Å². The number of amides is 1. The maximum absolute atomic E-state index is 12.5. The Bertz CT molecular complexity index is 612. The molecule has 24 heavy (non-hydrogen) atoms. The Morgan fingerprint density at radius 3 is 2.38 bits per heavy atom. The zero-order chi connectivity index (χ0) is 16.9. The summed E-state index contributed by atoms with van der Waals surface area (Å²) >= 11 is 0. The van der Waals surface area contributed by atoms with Gasteiger partial charge in [0.15, 0.2) is 0 Å². The SMILES string of the molecule is Cn1nc(C(=O)N2CCC(CN3CCCCCC3)CC2)ccc1=O. The van der Waals surface area contributed by atoms with Crippen LogP contribution >= 0.6 is 0 Å². The Labute approximate surface area is 143 Å². The first-order valence-corrected chi connectivity index (χ1v) is 9.19. The van der Waals surface area contributed by atoms with Gasteiger partial charge in [0.2, 0.25) is 0 Å². The number of rotatable bonds is 3. The minimum Gasteiger partial charge on any atom is -0.337 e. The molecule has 0 atom stereocenters. The number of carbonyl (C=O) groups is 1. The monoisotopic (exact) mass is 332 g/mol. The van der Waals surface area contributed by atoms with Crippen molar-refractivity contribution in [2.45, 2.75) is 38.5 Å². The summed E-state index contributed by atoms with van der Waals surface area (Å²) < 4.78 is 1.22. The van der Waals surface area contributed by atoms with E-state index in [-0.39, 0.29) is 11.5 Å². The number of aromatic nitrogens is 2. The fourth-order valence-electron chi connectivity index (χ4n) is 3.78. The molecule has 132 valence electrons. The molecule has 2 saturated heterocycles. The molecule has 1 aromatic heterocycles. The summed E-state index contributed by atoms with van der Waals surface area (Å²) in [5.41, 5.74) is 0.172. The van der Waals surface area contributed by atoms with E-state index in [1.54, 1.807) is 7.05 Å². The third-order valence-corrected chi connectivity index (χ3v) is 5.30. The molecule has 1 aromatic rings. The normalized spacial score (nSPS) is 20.8. The van der Waals surface area contributed by atoms with Crippen molar-refractivity contribution in [2.75, 3.05) is 32.7 Å². The smallest absolute Gasteiger partial charge is 0.274 e. The van der Waals surface area contributed by atoms with Crippen LogP contribution in [-0.2, 0) is 7.05 Å². The summed E-state index contributed by atoms with van der Waals surface area (Å²) in [7, 11) is 1.58. The summed E-state index contributed by atoms with van der Waals surface area (Å²) in [5, 5.41) is 4.08. The van der Waals surface area contributed by atoms with Crippen LogP contribution in [0.15, 0.2) is 16.9 Å². The quantitative estimate of drug-likeness (QED) is 0.842. The van der Waals surface area contributed by atoms with Crippen molar-refractivity contribution in [3.63, 3.8) is 0 Å². The highest BCUT2D eigenvalue weighted by atomic mass is 16.2. The number of likely N-dealkylation sites (tertiary alicyclic amines) is 2. The van der Waals surface area contributed by atoms with E-state index in [1.165, 1.54) is 62.1 Å². The molecule has 0 aromatic carbocycles. The molecule has 2 aliphatic rings. The first-order valence-electron chi connectivity index (χ1n) is 9.19. The van der Waals surface area contributed by atoms with Crippen molar-refractivity contribution < 1.29 is 4.79 Å². The average molecular weight is 332 g/mol. The predicted octanol–water partition coefficient (Wildman–Crippen LogP) is 1.51. The molecule has 0 spiro atoms. The van der Waals surface area contributed by atoms with Gasteiger partial charge in [-0.15, -0.1) is 0 Å². The molecule has 1 amide bonds. The van der Waals surface area contributed by atoms with Crippen molar-refractivity contribution in [1.29, 1.82) is 0 Å². The number of piperidine rings is 1. The highest BCUT2D eigenvalue weighted by Crippen LogP contribution is 2.21. The van der Waals surface area contributed by atoms with E-state index in [2.05, 4.69) is 10.00 Å². The lowest BCUT2D eigenvalue weighted by atomic mass is 9.96. The van der Waals surface area contributed by atoms with Crippen LogP contribution < -0.4 is 5.56 Å². The zero-order valence-corrected chi connectivity index (χ0v) is 14.6.